The molecule has 0 saturated heterocycles. The molecule has 1 atom stereocenters. The van der Waals surface area contributed by atoms with Crippen molar-refractivity contribution >= 4 is 16.5 Å². The van der Waals surface area contributed by atoms with Gasteiger partial charge in [-0.05, 0) is 35.2 Å². The minimum atomic E-state index is -0.282. The van der Waals surface area contributed by atoms with Crippen LogP contribution in [0.25, 0.3) is 27.3 Å². The maximum absolute atomic E-state index is 5.79. The summed E-state index contributed by atoms with van der Waals surface area (Å²) >= 11 is 0. The number of hydrogen-bond acceptors (Lipinski definition) is 1. The van der Waals surface area contributed by atoms with E-state index in [4.69, 9.17) is 16.7 Å². The molecule has 0 aliphatic heterocycles. The van der Waals surface area contributed by atoms with Gasteiger partial charge in [-0.25, -0.2) is 0 Å². The van der Waals surface area contributed by atoms with Crippen LogP contribution in [0.2, 0.25) is 0 Å². The monoisotopic (exact) mass is 716 g/mol. The van der Waals surface area contributed by atoms with Gasteiger partial charge in [0.15, 0.2) is 0 Å². The molecule has 0 radical (unpaired) electrons. The van der Waals surface area contributed by atoms with Crippen LogP contribution >= 0.6 is 0 Å². The molecule has 2 nitrogen and oxygen atoms in total. The zero-order chi connectivity index (χ0) is 27.4. The topological polar surface area (TPSA) is 27.0 Å². The molecule has 0 saturated carbocycles. The van der Waals surface area contributed by atoms with E-state index in [0.29, 0.717) is 18.3 Å². The number of hydrogen-bond donors (Lipinski definition) is 0. The Balaban J connectivity index is 0.00000205. The first-order valence-electron chi connectivity index (χ1n) is 13.7. The number of fused-ring (bicyclic) bond motifs is 1. The van der Waals surface area contributed by atoms with Crippen LogP contribution < -0.4 is 0 Å². The Labute approximate surface area is 272 Å². The fraction of sp³-hybridized carbons (Fsp3) is 0.205. The largest absolute Gasteiger partial charge is 4.00 e. The SMILES string of the molecule is C#CCc1cccc(C(C)C)c1[N-]C(c1cccc(-c2[c-]ccc3ccccc23)n1)c1ccccc1C(C)C.[CH3-].[CH3-].[Hf+4]. The molecule has 1 heterocycles. The summed E-state index contributed by atoms with van der Waals surface area (Å²) in [6.07, 6.45) is 6.33. The Bertz CT molecular complexity index is 1640. The second-order valence-corrected chi connectivity index (χ2v) is 10.6. The van der Waals surface area contributed by atoms with Crippen molar-refractivity contribution in [1.29, 1.82) is 0 Å². The fourth-order valence-corrected chi connectivity index (χ4v) is 5.31. The standard InChI is InChI=1S/C37H34N2.2CH3.Hf/c1-6-14-28-17-12-21-30(26(4)5)36(28)39-37(33-20-10-9-18-29(33)25(2)3)35-24-13-23-34(38-35)32-22-11-16-27-15-7-8-19-31(27)32;;;/h1,7-13,15-21,23-26,37H,14H2,2-5H3;2*1H3;/q-2;2*-1;+4. The van der Waals surface area contributed by atoms with Crippen LogP contribution in [0.3, 0.4) is 0 Å². The molecule has 0 fully saturated rings. The molecule has 210 valence electrons. The van der Waals surface area contributed by atoms with E-state index < -0.39 is 0 Å². The number of para-hydroxylation sites is 1. The van der Waals surface area contributed by atoms with Gasteiger partial charge in [0.2, 0.25) is 0 Å². The van der Waals surface area contributed by atoms with Gasteiger partial charge in [-0.3, -0.25) is 0 Å². The quantitative estimate of drug-likeness (QED) is 0.0893. The first kappa shape index (κ1) is 34.7. The van der Waals surface area contributed by atoms with Crippen LogP contribution in [0.5, 0.6) is 0 Å². The van der Waals surface area contributed by atoms with Crippen LogP contribution in [-0.2, 0) is 32.3 Å². The van der Waals surface area contributed by atoms with Crippen molar-refractivity contribution in [2.24, 2.45) is 0 Å². The molecule has 1 unspecified atom stereocenters. The molecule has 0 aliphatic carbocycles. The maximum atomic E-state index is 5.79. The van der Waals surface area contributed by atoms with Gasteiger partial charge in [0.1, 0.15) is 0 Å². The molecule has 42 heavy (non-hydrogen) atoms. The van der Waals surface area contributed by atoms with Crippen molar-refractivity contribution in [3.63, 3.8) is 0 Å². The molecule has 4 aromatic carbocycles. The Morgan fingerprint density at radius 1 is 0.762 bits per heavy atom. The van der Waals surface area contributed by atoms with Gasteiger partial charge in [-0.1, -0.05) is 129 Å². The fourth-order valence-electron chi connectivity index (χ4n) is 5.31. The van der Waals surface area contributed by atoms with Gasteiger partial charge in [0.05, 0.1) is 0 Å². The summed E-state index contributed by atoms with van der Waals surface area (Å²) in [7, 11) is 0. The average Bonchev–Trinajstić information content (AvgIpc) is 2.96. The molecule has 5 aromatic rings. The van der Waals surface area contributed by atoms with Crippen LogP contribution in [0.15, 0.2) is 97.1 Å². The first-order chi connectivity index (χ1) is 19.0. The molecule has 0 amide bonds. The molecule has 1 aromatic heterocycles. The molecule has 0 N–H and O–H groups in total. The van der Waals surface area contributed by atoms with E-state index >= 15 is 0 Å². The maximum Gasteiger partial charge on any atom is 4.00 e. The van der Waals surface area contributed by atoms with Gasteiger partial charge in [-0.2, -0.15) is 0 Å². The van der Waals surface area contributed by atoms with Crippen LogP contribution in [0.4, 0.5) is 5.69 Å². The number of rotatable bonds is 8. The minimum absolute atomic E-state index is 0. The summed E-state index contributed by atoms with van der Waals surface area (Å²) in [6.45, 7) is 8.88. The summed E-state index contributed by atoms with van der Waals surface area (Å²) < 4.78 is 0. The third-order valence-corrected chi connectivity index (χ3v) is 7.26. The van der Waals surface area contributed by atoms with Gasteiger partial charge >= 0.3 is 25.8 Å². The van der Waals surface area contributed by atoms with E-state index in [1.807, 2.05) is 6.07 Å². The normalized spacial score (nSPS) is 11.2. The van der Waals surface area contributed by atoms with E-state index in [1.165, 1.54) is 22.1 Å². The number of pyridine rings is 1. The van der Waals surface area contributed by atoms with Gasteiger partial charge < -0.3 is 25.2 Å². The van der Waals surface area contributed by atoms with Crippen molar-refractivity contribution in [3.8, 4) is 23.6 Å². The Morgan fingerprint density at radius 2 is 1.40 bits per heavy atom. The predicted molar refractivity (Wildman–Crippen MR) is 177 cm³/mol. The van der Waals surface area contributed by atoms with E-state index in [0.717, 1.165) is 33.6 Å². The Morgan fingerprint density at radius 3 is 2.12 bits per heavy atom. The predicted octanol–water partition coefficient (Wildman–Crippen LogP) is 10.8. The summed E-state index contributed by atoms with van der Waals surface area (Å²) in [5.41, 5.74) is 8.52. The average molecular weight is 715 g/mol. The summed E-state index contributed by atoms with van der Waals surface area (Å²) in [6, 6.07) is 36.9. The van der Waals surface area contributed by atoms with E-state index in [-0.39, 0.29) is 46.7 Å². The van der Waals surface area contributed by atoms with Gasteiger partial charge in [-0.15, -0.1) is 47.2 Å². The van der Waals surface area contributed by atoms with Gasteiger partial charge in [0, 0.05) is 12.1 Å². The smallest absolute Gasteiger partial charge is 0.673 e. The molecule has 0 aliphatic rings. The van der Waals surface area contributed by atoms with E-state index in [1.54, 1.807) is 0 Å². The number of aromatic nitrogens is 1. The van der Waals surface area contributed by atoms with Gasteiger partial charge in [0.25, 0.3) is 0 Å². The van der Waals surface area contributed by atoms with E-state index in [9.17, 15) is 0 Å². The van der Waals surface area contributed by atoms with Crippen LogP contribution in [0, 0.1) is 33.3 Å². The van der Waals surface area contributed by atoms with Crippen LogP contribution in [-0.4, -0.2) is 4.98 Å². The summed E-state index contributed by atoms with van der Waals surface area (Å²) in [5.74, 6) is 3.50. The van der Waals surface area contributed by atoms with Crippen molar-refractivity contribution in [2.45, 2.75) is 52.0 Å². The second kappa shape index (κ2) is 15.7. The molecule has 0 bridgehead atoms. The molecule has 5 rings (SSSR count). The third kappa shape index (κ3) is 7.29. The number of benzene rings is 4. The molecule has 3 heteroatoms. The molecule has 0 spiro atoms. The summed E-state index contributed by atoms with van der Waals surface area (Å²) in [5, 5.41) is 7.83. The van der Waals surface area contributed by atoms with Crippen molar-refractivity contribution < 1.29 is 25.8 Å². The Hall–Kier alpha value is -3.48. The minimum Gasteiger partial charge on any atom is -0.673 e. The Kier molecular flexibility index (Phi) is 12.9. The number of terminal acetylenes is 1. The van der Waals surface area contributed by atoms with Crippen LogP contribution in [0.1, 0.15) is 73.5 Å². The zero-order valence-electron chi connectivity index (χ0n) is 25.6. The van der Waals surface area contributed by atoms with Crippen molar-refractivity contribution in [2.75, 3.05) is 0 Å². The number of nitrogens with zero attached hydrogens (tertiary/aromatic N) is 2. The first-order valence-corrected chi connectivity index (χ1v) is 13.7. The van der Waals surface area contributed by atoms with Crippen molar-refractivity contribution in [1.82, 2.24) is 4.98 Å². The zero-order valence-corrected chi connectivity index (χ0v) is 29.2. The van der Waals surface area contributed by atoms with Crippen molar-refractivity contribution in [3.05, 3.63) is 151 Å². The molecular weight excluding hydrogens is 675 g/mol. The third-order valence-electron chi connectivity index (χ3n) is 7.26. The molecular formula is C39H40HfN2. The summed E-state index contributed by atoms with van der Waals surface area (Å²) in [4.78, 5) is 5.25. The van der Waals surface area contributed by atoms with E-state index in [2.05, 4.69) is 131 Å². The second-order valence-electron chi connectivity index (χ2n) is 10.6.